The molecule has 22 heavy (non-hydrogen) atoms. The molecule has 3 rings (SSSR count). The summed E-state index contributed by atoms with van der Waals surface area (Å²) in [5.74, 6) is 0. The normalized spacial score (nSPS) is 10.8. The van der Waals surface area contributed by atoms with Crippen LogP contribution in [0.25, 0.3) is 5.65 Å². The highest BCUT2D eigenvalue weighted by Gasteiger charge is 2.14. The molecule has 0 bridgehead atoms. The van der Waals surface area contributed by atoms with E-state index in [0.717, 1.165) is 16.9 Å². The first-order valence-electron chi connectivity index (χ1n) is 6.65. The fraction of sp³-hybridized carbons (Fsp3) is 0.133. The molecule has 7 heteroatoms. The number of halogens is 1. The number of hydrogen-bond acceptors (Lipinski definition) is 4. The molecular formula is C15H13BrN4O2. The SMILES string of the molecule is Cc1cccn2cc(CNc3ccc(Br)cc3[N+](=O)[O-])nc12. The molecule has 0 aliphatic carbocycles. The van der Waals surface area contributed by atoms with Crippen molar-refractivity contribution in [2.24, 2.45) is 0 Å². The van der Waals surface area contributed by atoms with E-state index in [-0.39, 0.29) is 5.69 Å². The standard InChI is InChI=1S/C15H13BrN4O2/c1-10-3-2-6-19-9-12(18-15(10)19)8-17-13-5-4-11(16)7-14(13)20(21)22/h2-7,9,17H,8H2,1H3. The van der Waals surface area contributed by atoms with Gasteiger partial charge in [0.05, 0.1) is 17.2 Å². The molecular weight excluding hydrogens is 348 g/mol. The molecule has 0 amide bonds. The van der Waals surface area contributed by atoms with Gasteiger partial charge in [0.25, 0.3) is 5.69 Å². The molecule has 0 spiro atoms. The van der Waals surface area contributed by atoms with E-state index >= 15 is 0 Å². The molecule has 112 valence electrons. The first kappa shape index (κ1) is 14.5. The lowest BCUT2D eigenvalue weighted by atomic mass is 10.2. The Morgan fingerprint density at radius 3 is 2.95 bits per heavy atom. The predicted octanol–water partition coefficient (Wildman–Crippen LogP) is 3.93. The van der Waals surface area contributed by atoms with Gasteiger partial charge in [0, 0.05) is 22.9 Å². The third-order valence-corrected chi connectivity index (χ3v) is 3.84. The van der Waals surface area contributed by atoms with Crippen LogP contribution in [0.3, 0.4) is 0 Å². The summed E-state index contributed by atoms with van der Waals surface area (Å²) in [6.07, 6.45) is 3.85. The molecule has 0 radical (unpaired) electrons. The number of pyridine rings is 1. The fourth-order valence-electron chi connectivity index (χ4n) is 2.28. The van der Waals surface area contributed by atoms with E-state index in [1.54, 1.807) is 12.1 Å². The van der Waals surface area contributed by atoms with Crippen molar-refractivity contribution in [3.63, 3.8) is 0 Å². The largest absolute Gasteiger partial charge is 0.374 e. The Bertz CT molecular complexity index is 860. The number of aromatic nitrogens is 2. The van der Waals surface area contributed by atoms with Crippen LogP contribution in [0.5, 0.6) is 0 Å². The summed E-state index contributed by atoms with van der Waals surface area (Å²) >= 11 is 3.24. The average molecular weight is 361 g/mol. The molecule has 6 nitrogen and oxygen atoms in total. The molecule has 2 aromatic heterocycles. The summed E-state index contributed by atoms with van der Waals surface area (Å²) in [5.41, 5.74) is 3.32. The Kier molecular flexibility index (Phi) is 3.81. The second-order valence-electron chi connectivity index (χ2n) is 4.93. The molecule has 0 aliphatic rings. The molecule has 0 fully saturated rings. The van der Waals surface area contributed by atoms with Gasteiger partial charge >= 0.3 is 0 Å². The fourth-order valence-corrected chi connectivity index (χ4v) is 2.63. The van der Waals surface area contributed by atoms with Gasteiger partial charge < -0.3 is 9.72 Å². The summed E-state index contributed by atoms with van der Waals surface area (Å²) in [4.78, 5) is 15.2. The van der Waals surface area contributed by atoms with Crippen LogP contribution >= 0.6 is 15.9 Å². The zero-order valence-electron chi connectivity index (χ0n) is 11.8. The van der Waals surface area contributed by atoms with Crippen molar-refractivity contribution in [2.75, 3.05) is 5.32 Å². The van der Waals surface area contributed by atoms with Crippen molar-refractivity contribution in [2.45, 2.75) is 13.5 Å². The summed E-state index contributed by atoms with van der Waals surface area (Å²) < 4.78 is 2.62. The Morgan fingerprint density at radius 2 is 2.23 bits per heavy atom. The molecule has 0 unspecified atom stereocenters. The molecule has 0 aliphatic heterocycles. The van der Waals surface area contributed by atoms with E-state index in [1.807, 2.05) is 35.9 Å². The quantitative estimate of drug-likeness (QED) is 0.565. The predicted molar refractivity (Wildman–Crippen MR) is 88.1 cm³/mol. The van der Waals surface area contributed by atoms with Crippen LogP contribution in [-0.2, 0) is 6.54 Å². The van der Waals surface area contributed by atoms with Gasteiger partial charge in [0.15, 0.2) is 0 Å². The first-order chi connectivity index (χ1) is 10.5. The Morgan fingerprint density at radius 1 is 1.41 bits per heavy atom. The number of imidazole rings is 1. The molecule has 0 saturated heterocycles. The highest BCUT2D eigenvalue weighted by Crippen LogP contribution is 2.28. The highest BCUT2D eigenvalue weighted by atomic mass is 79.9. The van der Waals surface area contributed by atoms with Gasteiger partial charge in [-0.2, -0.15) is 0 Å². The number of aryl methyl sites for hydroxylation is 1. The van der Waals surface area contributed by atoms with Crippen LogP contribution in [0.4, 0.5) is 11.4 Å². The summed E-state index contributed by atoms with van der Waals surface area (Å²) in [6.45, 7) is 2.42. The van der Waals surface area contributed by atoms with Crippen LogP contribution in [-0.4, -0.2) is 14.3 Å². The van der Waals surface area contributed by atoms with E-state index in [0.29, 0.717) is 16.7 Å². The van der Waals surface area contributed by atoms with E-state index in [9.17, 15) is 10.1 Å². The maximum Gasteiger partial charge on any atom is 0.293 e. The highest BCUT2D eigenvalue weighted by molar-refractivity contribution is 9.10. The zero-order valence-corrected chi connectivity index (χ0v) is 13.4. The van der Waals surface area contributed by atoms with Crippen molar-refractivity contribution in [3.8, 4) is 0 Å². The molecule has 2 heterocycles. The van der Waals surface area contributed by atoms with Crippen molar-refractivity contribution in [1.29, 1.82) is 0 Å². The van der Waals surface area contributed by atoms with E-state index in [4.69, 9.17) is 0 Å². The van der Waals surface area contributed by atoms with Crippen LogP contribution in [0.2, 0.25) is 0 Å². The number of benzene rings is 1. The molecule has 0 atom stereocenters. The van der Waals surface area contributed by atoms with Crippen LogP contribution < -0.4 is 5.32 Å². The van der Waals surface area contributed by atoms with Gasteiger partial charge in [-0.1, -0.05) is 22.0 Å². The monoisotopic (exact) mass is 360 g/mol. The minimum Gasteiger partial charge on any atom is -0.374 e. The second kappa shape index (κ2) is 5.76. The summed E-state index contributed by atoms with van der Waals surface area (Å²) in [5, 5.41) is 14.2. The summed E-state index contributed by atoms with van der Waals surface area (Å²) in [6, 6.07) is 8.89. The maximum absolute atomic E-state index is 11.1. The van der Waals surface area contributed by atoms with Crippen LogP contribution in [0.15, 0.2) is 47.2 Å². The lowest BCUT2D eigenvalue weighted by Gasteiger charge is -2.05. The molecule has 0 saturated carbocycles. The zero-order chi connectivity index (χ0) is 15.7. The van der Waals surface area contributed by atoms with Gasteiger partial charge in [-0.3, -0.25) is 10.1 Å². The van der Waals surface area contributed by atoms with Gasteiger partial charge in [-0.15, -0.1) is 0 Å². The van der Waals surface area contributed by atoms with Crippen LogP contribution in [0, 0.1) is 17.0 Å². The maximum atomic E-state index is 11.1. The number of hydrogen-bond donors (Lipinski definition) is 1. The Balaban J connectivity index is 1.85. The lowest BCUT2D eigenvalue weighted by Crippen LogP contribution is -2.02. The average Bonchev–Trinajstić information content (AvgIpc) is 2.90. The third kappa shape index (κ3) is 2.80. The third-order valence-electron chi connectivity index (χ3n) is 3.34. The number of anilines is 1. The minimum atomic E-state index is -0.402. The van der Waals surface area contributed by atoms with Gasteiger partial charge in [-0.05, 0) is 30.7 Å². The molecule has 1 aromatic carbocycles. The minimum absolute atomic E-state index is 0.0364. The molecule has 3 aromatic rings. The number of rotatable bonds is 4. The first-order valence-corrected chi connectivity index (χ1v) is 7.45. The molecule has 1 N–H and O–H groups in total. The van der Waals surface area contributed by atoms with Gasteiger partial charge in [0.2, 0.25) is 0 Å². The topological polar surface area (TPSA) is 72.5 Å². The van der Waals surface area contributed by atoms with E-state index < -0.39 is 4.92 Å². The number of nitro groups is 1. The van der Waals surface area contributed by atoms with Crippen molar-refractivity contribution in [1.82, 2.24) is 9.38 Å². The smallest absolute Gasteiger partial charge is 0.293 e. The number of nitrogens with zero attached hydrogens (tertiary/aromatic N) is 3. The lowest BCUT2D eigenvalue weighted by molar-refractivity contribution is -0.384. The Hall–Kier alpha value is -2.41. The van der Waals surface area contributed by atoms with Gasteiger partial charge in [-0.25, -0.2) is 4.98 Å². The number of nitrogens with one attached hydrogen (secondary N) is 1. The van der Waals surface area contributed by atoms with Crippen molar-refractivity contribution >= 4 is 33.0 Å². The van der Waals surface area contributed by atoms with Crippen LogP contribution in [0.1, 0.15) is 11.3 Å². The van der Waals surface area contributed by atoms with Crippen molar-refractivity contribution in [3.05, 3.63) is 68.6 Å². The number of nitro benzene ring substituents is 1. The second-order valence-corrected chi connectivity index (χ2v) is 5.84. The van der Waals surface area contributed by atoms with Crippen molar-refractivity contribution < 1.29 is 4.92 Å². The van der Waals surface area contributed by atoms with E-state index in [1.165, 1.54) is 6.07 Å². The Labute approximate surface area is 135 Å². The number of fused-ring (bicyclic) bond motifs is 1. The summed E-state index contributed by atoms with van der Waals surface area (Å²) in [7, 11) is 0. The van der Waals surface area contributed by atoms with Gasteiger partial charge in [0.1, 0.15) is 11.3 Å². The van der Waals surface area contributed by atoms with E-state index in [2.05, 4.69) is 26.2 Å².